The van der Waals surface area contributed by atoms with Crippen molar-refractivity contribution < 1.29 is 19.4 Å². The van der Waals surface area contributed by atoms with Crippen molar-refractivity contribution in [1.29, 1.82) is 0 Å². The largest absolute Gasteiger partial charge is 0.462 e. The summed E-state index contributed by atoms with van der Waals surface area (Å²) in [4.78, 5) is 14.6. The summed E-state index contributed by atoms with van der Waals surface area (Å²) in [6, 6.07) is 0.511. The van der Waals surface area contributed by atoms with E-state index in [1.54, 1.807) is 0 Å². The van der Waals surface area contributed by atoms with E-state index in [0.29, 0.717) is 29.9 Å². The van der Waals surface area contributed by atoms with Crippen molar-refractivity contribution >= 4 is 5.97 Å². The van der Waals surface area contributed by atoms with Gasteiger partial charge in [-0.25, -0.2) is 0 Å². The van der Waals surface area contributed by atoms with Crippen LogP contribution in [0.1, 0.15) is 52.9 Å². The Balaban J connectivity index is 1.44. The van der Waals surface area contributed by atoms with Crippen molar-refractivity contribution in [2.45, 2.75) is 83.5 Å². The fourth-order valence-corrected chi connectivity index (χ4v) is 10.8. The lowest BCUT2D eigenvalue weighted by Crippen LogP contribution is -2.78. The molecule has 0 aromatic rings. The molecule has 4 saturated heterocycles. The zero-order chi connectivity index (χ0) is 20.1. The van der Waals surface area contributed by atoms with Gasteiger partial charge in [0.15, 0.2) is 0 Å². The summed E-state index contributed by atoms with van der Waals surface area (Å²) >= 11 is 0. The van der Waals surface area contributed by atoms with Gasteiger partial charge in [0.25, 0.3) is 0 Å². The molecule has 5 heteroatoms. The number of fused-ring (bicyclic) bond motifs is 2. The number of carbonyl (C=O) groups is 1. The number of aliphatic hydroxyl groups excluding tert-OH is 1. The molecule has 5 aliphatic carbocycles. The predicted octanol–water partition coefficient (Wildman–Crippen LogP) is 2.73. The Morgan fingerprint density at radius 3 is 2.90 bits per heavy atom. The third-order valence-electron chi connectivity index (χ3n) is 11.3. The smallest absolute Gasteiger partial charge is 0.302 e. The molecule has 5 nitrogen and oxygen atoms in total. The van der Waals surface area contributed by atoms with Gasteiger partial charge in [-0.15, -0.1) is 0 Å². The van der Waals surface area contributed by atoms with E-state index in [9.17, 15) is 9.90 Å². The van der Waals surface area contributed by atoms with E-state index in [1.807, 2.05) is 0 Å². The van der Waals surface area contributed by atoms with Gasteiger partial charge in [-0.1, -0.05) is 20.4 Å². The van der Waals surface area contributed by atoms with Gasteiger partial charge in [0.05, 0.1) is 12.2 Å². The molecule has 9 bridgehead atoms. The molecule has 4 aliphatic heterocycles. The molecule has 5 saturated carbocycles. The quantitative estimate of drug-likeness (QED) is 0.572. The molecule has 0 aromatic heterocycles. The van der Waals surface area contributed by atoms with Gasteiger partial charge in [-0.05, 0) is 62.0 Å². The molecule has 0 radical (unpaired) electrons. The van der Waals surface area contributed by atoms with Crippen LogP contribution in [-0.2, 0) is 14.3 Å². The van der Waals surface area contributed by atoms with Crippen LogP contribution in [0.5, 0.6) is 0 Å². The van der Waals surface area contributed by atoms with Crippen LogP contribution in [0, 0.1) is 39.9 Å². The Morgan fingerprint density at radius 1 is 1.38 bits per heavy atom. The zero-order valence-corrected chi connectivity index (χ0v) is 17.8. The minimum atomic E-state index is -0.465. The molecule has 29 heavy (non-hydrogen) atoms. The lowest BCUT2D eigenvalue weighted by Gasteiger charge is -2.73. The fraction of sp³-hybridized carbons (Fsp3) is 0.875. The van der Waals surface area contributed by atoms with Crippen LogP contribution in [0.2, 0.25) is 0 Å². The van der Waals surface area contributed by atoms with Gasteiger partial charge in [-0.3, -0.25) is 9.69 Å². The number of carbonyl (C=O) groups excluding carboxylic acids is 1. The monoisotopic (exact) mass is 399 g/mol. The molecule has 9 fully saturated rings. The molecule has 2 spiro atoms. The minimum absolute atomic E-state index is 0.0912. The van der Waals surface area contributed by atoms with Crippen LogP contribution in [0.4, 0.5) is 0 Å². The Kier molecular flexibility index (Phi) is 3.02. The van der Waals surface area contributed by atoms with E-state index >= 15 is 0 Å². The van der Waals surface area contributed by atoms with Crippen molar-refractivity contribution in [2.24, 2.45) is 39.9 Å². The van der Waals surface area contributed by atoms with Crippen molar-refractivity contribution in [3.63, 3.8) is 0 Å². The number of rotatable bonds is 2. The van der Waals surface area contributed by atoms with Gasteiger partial charge in [0.1, 0.15) is 12.3 Å². The Morgan fingerprint density at radius 2 is 2.17 bits per heavy atom. The second-order valence-electron chi connectivity index (χ2n) is 11.5. The second kappa shape index (κ2) is 4.94. The molecule has 158 valence electrons. The zero-order valence-electron chi connectivity index (χ0n) is 17.8. The fourth-order valence-electron chi connectivity index (χ4n) is 10.8. The van der Waals surface area contributed by atoms with E-state index in [4.69, 9.17) is 9.47 Å². The summed E-state index contributed by atoms with van der Waals surface area (Å²) in [6.45, 7) is 11.6. The molecule has 0 aromatic carbocycles. The lowest BCUT2D eigenvalue weighted by molar-refractivity contribution is -0.372. The summed E-state index contributed by atoms with van der Waals surface area (Å²) in [7, 11) is 0. The van der Waals surface area contributed by atoms with Gasteiger partial charge in [-0.2, -0.15) is 0 Å². The minimum Gasteiger partial charge on any atom is -0.462 e. The molecular formula is C24H33NO4. The topological polar surface area (TPSA) is 59.0 Å². The number of piperidine rings is 1. The van der Waals surface area contributed by atoms with Crippen LogP contribution in [0.25, 0.3) is 0 Å². The van der Waals surface area contributed by atoms with Crippen LogP contribution in [0.15, 0.2) is 12.2 Å². The molecule has 2 unspecified atom stereocenters. The Labute approximate surface area is 172 Å². The molecule has 4 heterocycles. The lowest BCUT2D eigenvalue weighted by atomic mass is 9.41. The van der Waals surface area contributed by atoms with Crippen LogP contribution >= 0.6 is 0 Å². The van der Waals surface area contributed by atoms with Crippen LogP contribution in [-0.4, -0.2) is 53.1 Å². The first-order valence-electron chi connectivity index (χ1n) is 11.8. The summed E-state index contributed by atoms with van der Waals surface area (Å²) < 4.78 is 12.7. The van der Waals surface area contributed by atoms with Crippen LogP contribution < -0.4 is 0 Å². The summed E-state index contributed by atoms with van der Waals surface area (Å²) in [6.07, 6.45) is 5.41. The van der Waals surface area contributed by atoms with Gasteiger partial charge < -0.3 is 14.6 Å². The number of aliphatic hydroxyl groups is 1. The van der Waals surface area contributed by atoms with Crippen molar-refractivity contribution in [2.75, 3.05) is 6.54 Å². The first kappa shape index (κ1) is 17.7. The Bertz CT molecular complexity index is 843. The highest BCUT2D eigenvalue weighted by Gasteiger charge is 2.89. The second-order valence-corrected chi connectivity index (χ2v) is 11.5. The molecular weight excluding hydrogens is 366 g/mol. The van der Waals surface area contributed by atoms with E-state index in [0.717, 1.165) is 31.4 Å². The maximum absolute atomic E-state index is 11.9. The van der Waals surface area contributed by atoms with Crippen molar-refractivity contribution in [1.82, 2.24) is 4.90 Å². The molecule has 0 amide bonds. The number of hydrogen-bond donors (Lipinski definition) is 1. The summed E-state index contributed by atoms with van der Waals surface area (Å²) in [5.74, 6) is 1.46. The maximum Gasteiger partial charge on any atom is 0.302 e. The highest BCUT2D eigenvalue weighted by Crippen LogP contribution is 2.86. The third-order valence-corrected chi connectivity index (χ3v) is 11.3. The SMILES string of the molecule is C=C1[C@H]2C[C@@]3([C@@H]1O)[C@@H](C[C@@H]2OC(C)=O)[C@@]12C4[C@@H]3C[C@@H]1[C@@]1(C)CC[C@@H]2OC1N4CC. The third kappa shape index (κ3) is 1.52. The van der Waals surface area contributed by atoms with Crippen molar-refractivity contribution in [3.8, 4) is 0 Å². The number of ether oxygens (including phenoxy) is 2. The number of esters is 1. The molecule has 9 aliphatic rings. The van der Waals surface area contributed by atoms with Crippen LogP contribution in [0.3, 0.4) is 0 Å². The summed E-state index contributed by atoms with van der Waals surface area (Å²) in [5, 5.41) is 11.6. The number of nitrogens with zero attached hydrogens (tertiary/aromatic N) is 1. The molecule has 12 atom stereocenters. The first-order valence-corrected chi connectivity index (χ1v) is 11.8. The highest BCUT2D eigenvalue weighted by molar-refractivity contribution is 5.66. The molecule has 1 N–H and O–H groups in total. The normalized spacial score (nSPS) is 63.3. The highest BCUT2D eigenvalue weighted by atomic mass is 16.5. The predicted molar refractivity (Wildman–Crippen MR) is 106 cm³/mol. The van der Waals surface area contributed by atoms with E-state index < -0.39 is 6.10 Å². The van der Waals surface area contributed by atoms with E-state index in [2.05, 4.69) is 25.3 Å². The number of hydrogen-bond acceptors (Lipinski definition) is 5. The first-order chi connectivity index (χ1) is 13.8. The average Bonchev–Trinajstić information content (AvgIpc) is 3.22. The van der Waals surface area contributed by atoms with Gasteiger partial charge in [0, 0.05) is 35.1 Å². The standard InChI is InChI=1S/C24H33NO4/c1-5-25-19-14-8-16-22(4)7-6-18(29-21(22)25)24(16,19)17-9-15(28-12(3)26)13-10-23(14,17)20(27)11(13)2/h13-21,27H,2,5-10H2,1,3-4H3/t13-,14+,15+,16-,17-,18+,19?,20-,21?,22-,23+,24+/m1/s1. The molecule has 9 rings (SSSR count). The van der Waals surface area contributed by atoms with Gasteiger partial charge >= 0.3 is 5.97 Å². The Hall–Kier alpha value is -0.910. The van der Waals surface area contributed by atoms with E-state index in [-0.39, 0.29) is 40.5 Å². The van der Waals surface area contributed by atoms with E-state index in [1.165, 1.54) is 19.8 Å². The van der Waals surface area contributed by atoms with Crippen molar-refractivity contribution in [3.05, 3.63) is 12.2 Å². The average molecular weight is 400 g/mol. The summed E-state index contributed by atoms with van der Waals surface area (Å²) in [5.41, 5.74) is 1.15. The maximum atomic E-state index is 11.9. The van der Waals surface area contributed by atoms with Gasteiger partial charge in [0.2, 0.25) is 0 Å².